The van der Waals surface area contributed by atoms with Crippen LogP contribution in [0.5, 0.6) is 11.9 Å². The number of piperazine rings is 1. The van der Waals surface area contributed by atoms with E-state index < -0.39 is 18.1 Å². The number of hydrogen-bond acceptors (Lipinski definition) is 10. The van der Waals surface area contributed by atoms with Gasteiger partial charge in [0, 0.05) is 47.9 Å². The Labute approximate surface area is 321 Å². The number of hydrogen-bond donors (Lipinski definition) is 1. The molecular formula is C42H40F4N8O2. The third kappa shape index (κ3) is 5.72. The Morgan fingerprint density at radius 3 is 2.79 bits per heavy atom. The molecule has 0 unspecified atom stereocenters. The number of nitrogens with zero attached hydrogens (tertiary/aromatic N) is 7. The summed E-state index contributed by atoms with van der Waals surface area (Å²) in [7, 11) is 0. The van der Waals surface area contributed by atoms with Crippen molar-refractivity contribution in [3.8, 4) is 35.5 Å². The van der Waals surface area contributed by atoms with Crippen molar-refractivity contribution >= 4 is 27.5 Å². The van der Waals surface area contributed by atoms with Crippen LogP contribution in [0.25, 0.3) is 32.9 Å². The van der Waals surface area contributed by atoms with Gasteiger partial charge in [-0.05, 0) is 75.8 Å². The van der Waals surface area contributed by atoms with Crippen molar-refractivity contribution in [2.24, 2.45) is 0 Å². The standard InChI is InChI=1S/C42H40F4N8O2/c1-2-26-29(43)12-10-23-6-3-7-27(33(23)26)36-35(44)37-34-31(50-36)8-4-9-32-30-13-11-24(49-30)19-53(32)39(34)52-41(51-37)56-21-42-15-5-17-54(42)25(14-16-42)20-55-40-28(38(45)46)18-47-22-48-40/h1,3,6-7,10,12,18,22,24-25,30,32,38,49H,4-5,8-9,11,13-17,19-21H2/t24-,25+,30+,32-,42+/m1/s1. The molecule has 288 valence electrons. The van der Waals surface area contributed by atoms with Gasteiger partial charge in [0.05, 0.1) is 27.7 Å². The third-order valence-electron chi connectivity index (χ3n) is 12.8. The van der Waals surface area contributed by atoms with E-state index in [1.54, 1.807) is 18.2 Å². The van der Waals surface area contributed by atoms with Gasteiger partial charge in [0.25, 0.3) is 6.43 Å². The summed E-state index contributed by atoms with van der Waals surface area (Å²) >= 11 is 0. The minimum absolute atomic E-state index is 0.0309. The average molecular weight is 765 g/mol. The first kappa shape index (κ1) is 35.3. The van der Waals surface area contributed by atoms with Crippen LogP contribution in [0.3, 0.4) is 0 Å². The first-order valence-corrected chi connectivity index (χ1v) is 19.5. The molecule has 10 rings (SSSR count). The van der Waals surface area contributed by atoms with Gasteiger partial charge in [-0.15, -0.1) is 6.42 Å². The van der Waals surface area contributed by atoms with Gasteiger partial charge in [-0.3, -0.25) is 4.90 Å². The van der Waals surface area contributed by atoms with Gasteiger partial charge in [0.2, 0.25) is 5.88 Å². The molecule has 5 aromatic rings. The van der Waals surface area contributed by atoms with Crippen LogP contribution in [0.15, 0.2) is 42.9 Å². The minimum Gasteiger partial charge on any atom is -0.476 e. The SMILES string of the molecule is C#Cc1c(F)ccc2cccc(-c3nc4c5c(nc(OC[C@@]67CCCN6[C@H](COc6ncncc6C(F)F)CC7)nc5c3F)N3C[C@H]5CC[C@H](N5)[C@H]3CCC4)c12. The van der Waals surface area contributed by atoms with Gasteiger partial charge < -0.3 is 19.7 Å². The molecule has 0 spiro atoms. The second-order valence-corrected chi connectivity index (χ2v) is 15.8. The number of halogens is 4. The van der Waals surface area contributed by atoms with E-state index in [9.17, 15) is 8.78 Å². The van der Waals surface area contributed by atoms with Crippen molar-refractivity contribution in [2.45, 2.75) is 93.9 Å². The average Bonchev–Trinajstić information content (AvgIpc) is 3.91. The predicted octanol–water partition coefficient (Wildman–Crippen LogP) is 6.93. The Bertz CT molecular complexity index is 2410. The van der Waals surface area contributed by atoms with Crippen molar-refractivity contribution in [2.75, 3.05) is 31.2 Å². The van der Waals surface area contributed by atoms with Crippen LogP contribution in [0.1, 0.15) is 74.6 Å². The molecule has 5 aliphatic heterocycles. The van der Waals surface area contributed by atoms with E-state index in [0.717, 1.165) is 70.7 Å². The number of fused-ring (bicyclic) bond motifs is 7. The summed E-state index contributed by atoms with van der Waals surface area (Å²) in [5, 5.41) is 5.48. The van der Waals surface area contributed by atoms with E-state index in [2.05, 4.69) is 31.0 Å². The molecule has 0 radical (unpaired) electrons. The summed E-state index contributed by atoms with van der Waals surface area (Å²) in [5.74, 6) is 1.81. The first-order valence-electron chi connectivity index (χ1n) is 19.5. The lowest BCUT2D eigenvalue weighted by Crippen LogP contribution is -2.58. The molecule has 3 aromatic heterocycles. The van der Waals surface area contributed by atoms with Crippen molar-refractivity contribution < 1.29 is 27.0 Å². The van der Waals surface area contributed by atoms with Crippen LogP contribution in [-0.2, 0) is 6.42 Å². The Balaban J connectivity index is 1.04. The Morgan fingerprint density at radius 2 is 1.91 bits per heavy atom. The molecule has 10 nitrogen and oxygen atoms in total. The van der Waals surface area contributed by atoms with Crippen molar-refractivity contribution in [3.63, 3.8) is 0 Å². The zero-order valence-corrected chi connectivity index (χ0v) is 30.7. The summed E-state index contributed by atoms with van der Waals surface area (Å²) in [6.45, 7) is 1.99. The summed E-state index contributed by atoms with van der Waals surface area (Å²) in [6, 6.07) is 9.13. The van der Waals surface area contributed by atoms with Crippen molar-refractivity contribution in [1.82, 2.24) is 35.1 Å². The first-order chi connectivity index (χ1) is 27.3. The summed E-state index contributed by atoms with van der Waals surface area (Å²) in [6.07, 6.45) is 13.2. The van der Waals surface area contributed by atoms with Crippen molar-refractivity contribution in [1.29, 1.82) is 0 Å². The second kappa shape index (κ2) is 13.8. The van der Waals surface area contributed by atoms with E-state index in [0.29, 0.717) is 51.7 Å². The number of aromatic nitrogens is 5. The fourth-order valence-corrected chi connectivity index (χ4v) is 10.3. The molecule has 0 aliphatic carbocycles. The van der Waals surface area contributed by atoms with Crippen LogP contribution in [-0.4, -0.2) is 85.8 Å². The Kier molecular flexibility index (Phi) is 8.70. The maximum atomic E-state index is 17.4. The number of anilines is 1. The van der Waals surface area contributed by atoms with Gasteiger partial charge in [0.1, 0.15) is 42.4 Å². The van der Waals surface area contributed by atoms with Crippen LogP contribution in [0, 0.1) is 24.0 Å². The largest absolute Gasteiger partial charge is 0.476 e. The quantitative estimate of drug-likeness (QED) is 0.132. The number of alkyl halides is 2. The highest BCUT2D eigenvalue weighted by molar-refractivity contribution is 6.02. The number of pyridine rings is 1. The fraction of sp³-hybridized carbons (Fsp3) is 0.452. The van der Waals surface area contributed by atoms with Crippen LogP contribution in [0.2, 0.25) is 0 Å². The topological polar surface area (TPSA) is 101 Å². The van der Waals surface area contributed by atoms with E-state index >= 15 is 8.78 Å². The van der Waals surface area contributed by atoms with E-state index in [-0.39, 0.29) is 65.1 Å². The molecule has 56 heavy (non-hydrogen) atoms. The highest BCUT2D eigenvalue weighted by atomic mass is 19.3. The van der Waals surface area contributed by atoms with Crippen LogP contribution < -0.4 is 19.7 Å². The highest BCUT2D eigenvalue weighted by Gasteiger charge is 2.50. The molecule has 0 saturated carbocycles. The summed E-state index contributed by atoms with van der Waals surface area (Å²) in [5.41, 5.74) is 0.643. The number of terminal acetylenes is 1. The summed E-state index contributed by atoms with van der Waals surface area (Å²) < 4.78 is 72.2. The second-order valence-electron chi connectivity index (χ2n) is 15.8. The van der Waals surface area contributed by atoms with Gasteiger partial charge >= 0.3 is 6.01 Å². The molecule has 2 bridgehead atoms. The normalized spacial score (nSPS) is 25.6. The lowest BCUT2D eigenvalue weighted by molar-refractivity contribution is 0.0663. The van der Waals surface area contributed by atoms with E-state index in [1.165, 1.54) is 12.4 Å². The summed E-state index contributed by atoms with van der Waals surface area (Å²) in [4.78, 5) is 27.3. The zero-order chi connectivity index (χ0) is 38.1. The minimum atomic E-state index is -2.75. The third-order valence-corrected chi connectivity index (χ3v) is 12.8. The van der Waals surface area contributed by atoms with Gasteiger partial charge in [-0.2, -0.15) is 9.97 Å². The molecule has 5 aliphatic rings. The molecule has 5 atom stereocenters. The molecule has 8 heterocycles. The predicted molar refractivity (Wildman–Crippen MR) is 202 cm³/mol. The highest BCUT2D eigenvalue weighted by Crippen LogP contribution is 2.45. The van der Waals surface area contributed by atoms with Crippen LogP contribution >= 0.6 is 0 Å². The number of benzene rings is 2. The van der Waals surface area contributed by atoms with E-state index in [1.807, 2.05) is 6.07 Å². The van der Waals surface area contributed by atoms with Gasteiger partial charge in [0.15, 0.2) is 5.82 Å². The monoisotopic (exact) mass is 764 g/mol. The molecule has 0 amide bonds. The number of aryl methyl sites for hydroxylation is 1. The number of rotatable bonds is 8. The van der Waals surface area contributed by atoms with Gasteiger partial charge in [-0.1, -0.05) is 30.2 Å². The fourth-order valence-electron chi connectivity index (χ4n) is 10.3. The smallest absolute Gasteiger partial charge is 0.319 e. The van der Waals surface area contributed by atoms with Gasteiger partial charge in [-0.25, -0.2) is 32.5 Å². The Morgan fingerprint density at radius 1 is 1.00 bits per heavy atom. The van der Waals surface area contributed by atoms with Crippen LogP contribution in [0.4, 0.5) is 23.4 Å². The maximum absolute atomic E-state index is 17.4. The van der Waals surface area contributed by atoms with E-state index in [4.69, 9.17) is 30.8 Å². The molecule has 1 N–H and O–H groups in total. The molecule has 14 heteroatoms. The molecule has 4 saturated heterocycles. The molecular weight excluding hydrogens is 725 g/mol. The molecule has 2 aromatic carbocycles. The lowest BCUT2D eigenvalue weighted by Gasteiger charge is -2.43. The number of ether oxygens (including phenoxy) is 2. The number of nitrogens with one attached hydrogen (secondary N) is 1. The Hall–Kier alpha value is -5.13. The lowest BCUT2D eigenvalue weighted by atomic mass is 9.93. The maximum Gasteiger partial charge on any atom is 0.319 e. The zero-order valence-electron chi connectivity index (χ0n) is 30.7. The van der Waals surface area contributed by atoms with Crippen molar-refractivity contribution in [3.05, 3.63) is 71.3 Å². The molecule has 4 fully saturated rings.